The number of carbonyl (C=O) groups is 1. The van der Waals surface area contributed by atoms with Crippen LogP contribution in [0.4, 0.5) is 0 Å². The Labute approximate surface area is 65.6 Å². The van der Waals surface area contributed by atoms with Gasteiger partial charge in [0.1, 0.15) is 6.04 Å². The third kappa shape index (κ3) is 1.61. The van der Waals surface area contributed by atoms with Crippen molar-refractivity contribution in [3.63, 3.8) is 0 Å². The molecule has 0 radical (unpaired) electrons. The maximum absolute atomic E-state index is 11.0. The molecule has 0 N–H and O–H groups in total. The van der Waals surface area contributed by atoms with Crippen LogP contribution < -0.4 is 0 Å². The van der Waals surface area contributed by atoms with Gasteiger partial charge < -0.3 is 9.30 Å². The van der Waals surface area contributed by atoms with E-state index in [1.54, 1.807) is 11.5 Å². The zero-order valence-corrected chi connectivity index (χ0v) is 6.65. The van der Waals surface area contributed by atoms with E-state index in [1.165, 1.54) is 7.11 Å². The van der Waals surface area contributed by atoms with Crippen molar-refractivity contribution in [2.24, 2.45) is 0 Å². The maximum atomic E-state index is 11.0. The summed E-state index contributed by atoms with van der Waals surface area (Å²) >= 11 is 0. The van der Waals surface area contributed by atoms with Crippen molar-refractivity contribution in [3.05, 3.63) is 24.5 Å². The molecule has 0 saturated carbocycles. The number of carbonyl (C=O) groups excluding carboxylic acids is 1. The van der Waals surface area contributed by atoms with Crippen molar-refractivity contribution in [3.8, 4) is 0 Å². The molecule has 0 spiro atoms. The lowest BCUT2D eigenvalue weighted by Gasteiger charge is -2.09. The molecule has 0 unspecified atom stereocenters. The average molecular weight is 153 g/mol. The summed E-state index contributed by atoms with van der Waals surface area (Å²) in [6.07, 6.45) is 3.67. The number of ether oxygens (including phenoxy) is 1. The van der Waals surface area contributed by atoms with Crippen LogP contribution in [-0.4, -0.2) is 17.6 Å². The molecule has 1 heterocycles. The van der Waals surface area contributed by atoms with Crippen LogP contribution >= 0.6 is 0 Å². The van der Waals surface area contributed by atoms with E-state index in [0.717, 1.165) is 0 Å². The van der Waals surface area contributed by atoms with Crippen LogP contribution in [0.25, 0.3) is 0 Å². The molecule has 60 valence electrons. The first-order valence-corrected chi connectivity index (χ1v) is 3.46. The highest BCUT2D eigenvalue weighted by Crippen LogP contribution is 2.06. The van der Waals surface area contributed by atoms with Crippen LogP contribution in [-0.2, 0) is 9.53 Å². The van der Waals surface area contributed by atoms with E-state index < -0.39 is 0 Å². The van der Waals surface area contributed by atoms with Crippen molar-refractivity contribution in [1.29, 1.82) is 0 Å². The third-order valence-corrected chi connectivity index (χ3v) is 1.62. The van der Waals surface area contributed by atoms with Crippen LogP contribution in [0.1, 0.15) is 13.0 Å². The van der Waals surface area contributed by atoms with Crippen molar-refractivity contribution in [2.45, 2.75) is 13.0 Å². The summed E-state index contributed by atoms with van der Waals surface area (Å²) in [5, 5.41) is 0. The number of hydrogen-bond acceptors (Lipinski definition) is 2. The molecule has 0 aliphatic carbocycles. The van der Waals surface area contributed by atoms with Crippen LogP contribution in [0, 0.1) is 0 Å². The predicted octanol–water partition coefficient (Wildman–Crippen LogP) is 1.22. The Kier molecular flexibility index (Phi) is 2.31. The molecule has 0 aromatic carbocycles. The van der Waals surface area contributed by atoms with Gasteiger partial charge in [-0.15, -0.1) is 0 Å². The fourth-order valence-corrected chi connectivity index (χ4v) is 0.898. The standard InChI is InChI=1S/C8H11NO2/c1-7(8(10)11-2)9-5-3-4-6-9/h3-7H,1-2H3/t7-/m1/s1. The van der Waals surface area contributed by atoms with Gasteiger partial charge in [0.25, 0.3) is 0 Å². The zero-order chi connectivity index (χ0) is 8.27. The molecule has 1 aromatic heterocycles. The van der Waals surface area contributed by atoms with E-state index in [-0.39, 0.29) is 12.0 Å². The highest BCUT2D eigenvalue weighted by atomic mass is 16.5. The lowest BCUT2D eigenvalue weighted by Crippen LogP contribution is -2.16. The fraction of sp³-hybridized carbons (Fsp3) is 0.375. The molecule has 1 rings (SSSR count). The van der Waals surface area contributed by atoms with E-state index in [0.29, 0.717) is 0 Å². The highest BCUT2D eigenvalue weighted by molar-refractivity contribution is 5.73. The van der Waals surface area contributed by atoms with E-state index in [9.17, 15) is 4.79 Å². The van der Waals surface area contributed by atoms with E-state index in [4.69, 9.17) is 0 Å². The van der Waals surface area contributed by atoms with Gasteiger partial charge in [-0.1, -0.05) is 0 Å². The first kappa shape index (κ1) is 7.85. The number of nitrogens with zero attached hydrogens (tertiary/aromatic N) is 1. The second-order valence-electron chi connectivity index (χ2n) is 2.33. The quantitative estimate of drug-likeness (QED) is 0.598. The zero-order valence-electron chi connectivity index (χ0n) is 6.65. The first-order valence-electron chi connectivity index (χ1n) is 3.46. The summed E-state index contributed by atoms with van der Waals surface area (Å²) in [4.78, 5) is 11.0. The number of methoxy groups -OCH3 is 1. The van der Waals surface area contributed by atoms with E-state index in [2.05, 4.69) is 4.74 Å². The maximum Gasteiger partial charge on any atom is 0.328 e. The minimum atomic E-state index is -0.227. The molecule has 0 amide bonds. The fourth-order valence-electron chi connectivity index (χ4n) is 0.898. The van der Waals surface area contributed by atoms with Gasteiger partial charge >= 0.3 is 5.97 Å². The SMILES string of the molecule is COC(=O)[C@@H](C)n1cccc1. The summed E-state index contributed by atoms with van der Waals surface area (Å²) < 4.78 is 6.37. The summed E-state index contributed by atoms with van der Waals surface area (Å²) in [7, 11) is 1.39. The Hall–Kier alpha value is -1.25. The second kappa shape index (κ2) is 3.23. The van der Waals surface area contributed by atoms with Crippen molar-refractivity contribution in [2.75, 3.05) is 7.11 Å². The van der Waals surface area contributed by atoms with Crippen molar-refractivity contribution >= 4 is 5.97 Å². The van der Waals surface area contributed by atoms with Crippen LogP contribution in [0.15, 0.2) is 24.5 Å². The molecular formula is C8H11NO2. The van der Waals surface area contributed by atoms with Crippen LogP contribution in [0.3, 0.4) is 0 Å². The molecular weight excluding hydrogens is 142 g/mol. The lowest BCUT2D eigenvalue weighted by molar-refractivity contribution is -0.144. The molecule has 1 aromatic rings. The molecule has 3 nitrogen and oxygen atoms in total. The van der Waals surface area contributed by atoms with Gasteiger partial charge in [0.05, 0.1) is 7.11 Å². The third-order valence-electron chi connectivity index (χ3n) is 1.62. The predicted molar refractivity (Wildman–Crippen MR) is 41.2 cm³/mol. The van der Waals surface area contributed by atoms with Gasteiger partial charge in [-0.25, -0.2) is 4.79 Å². The molecule has 0 fully saturated rings. The van der Waals surface area contributed by atoms with Gasteiger partial charge in [0.15, 0.2) is 0 Å². The van der Waals surface area contributed by atoms with Crippen LogP contribution in [0.5, 0.6) is 0 Å². The Morgan fingerprint density at radius 3 is 2.45 bits per heavy atom. The Balaban J connectivity index is 2.70. The number of esters is 1. The smallest absolute Gasteiger partial charge is 0.328 e. The van der Waals surface area contributed by atoms with Gasteiger partial charge in [0, 0.05) is 12.4 Å². The molecule has 0 bridgehead atoms. The van der Waals surface area contributed by atoms with E-state index >= 15 is 0 Å². The van der Waals surface area contributed by atoms with Crippen molar-refractivity contribution < 1.29 is 9.53 Å². The van der Waals surface area contributed by atoms with Gasteiger partial charge in [-0.2, -0.15) is 0 Å². The number of hydrogen-bond donors (Lipinski definition) is 0. The first-order chi connectivity index (χ1) is 5.25. The molecule has 11 heavy (non-hydrogen) atoms. The van der Waals surface area contributed by atoms with Gasteiger partial charge in [-0.3, -0.25) is 0 Å². The van der Waals surface area contributed by atoms with Gasteiger partial charge in [0.2, 0.25) is 0 Å². The summed E-state index contributed by atoms with van der Waals surface area (Å²) in [5.74, 6) is -0.221. The molecule has 0 saturated heterocycles. The summed E-state index contributed by atoms with van der Waals surface area (Å²) in [5.41, 5.74) is 0. The molecule has 1 atom stereocenters. The topological polar surface area (TPSA) is 31.2 Å². The molecule has 0 aliphatic rings. The molecule has 0 aliphatic heterocycles. The van der Waals surface area contributed by atoms with Crippen LogP contribution in [0.2, 0.25) is 0 Å². The second-order valence-corrected chi connectivity index (χ2v) is 2.33. The summed E-state index contributed by atoms with van der Waals surface area (Å²) in [6, 6.07) is 3.52. The summed E-state index contributed by atoms with van der Waals surface area (Å²) in [6.45, 7) is 1.80. The largest absolute Gasteiger partial charge is 0.467 e. The van der Waals surface area contributed by atoms with E-state index in [1.807, 2.05) is 24.5 Å². The van der Waals surface area contributed by atoms with Gasteiger partial charge in [-0.05, 0) is 19.1 Å². The Morgan fingerprint density at radius 1 is 1.45 bits per heavy atom. The minimum absolute atomic E-state index is 0.221. The Morgan fingerprint density at radius 2 is 2.00 bits per heavy atom. The highest BCUT2D eigenvalue weighted by Gasteiger charge is 2.12. The monoisotopic (exact) mass is 153 g/mol. The molecule has 3 heteroatoms. The Bertz CT molecular complexity index is 228. The normalized spacial score (nSPS) is 12.5. The number of aromatic nitrogens is 1. The number of rotatable bonds is 2. The average Bonchev–Trinajstić information content (AvgIpc) is 2.53. The minimum Gasteiger partial charge on any atom is -0.467 e. The van der Waals surface area contributed by atoms with Crippen molar-refractivity contribution in [1.82, 2.24) is 4.57 Å². The lowest BCUT2D eigenvalue weighted by atomic mass is 10.3.